The number of quaternary nitrogens is 1. The maximum atomic E-state index is 8.89. The van der Waals surface area contributed by atoms with Crippen LogP contribution in [0.4, 0.5) is 0 Å². The average Bonchev–Trinajstić information content (AvgIpc) is 2.47. The maximum absolute atomic E-state index is 8.89. The van der Waals surface area contributed by atoms with Crippen LogP contribution in [0.15, 0.2) is 24.0 Å². The lowest BCUT2D eigenvalue weighted by Crippen LogP contribution is -3.04. The van der Waals surface area contributed by atoms with Crippen LogP contribution in [0.3, 0.4) is 0 Å². The summed E-state index contributed by atoms with van der Waals surface area (Å²) >= 11 is 0. The molecule has 0 amide bonds. The molecule has 1 aliphatic rings. The van der Waals surface area contributed by atoms with Crippen molar-refractivity contribution >= 4 is 5.97 Å². The Hall–Kier alpha value is -1.09. The molecule has 0 aromatic rings. The molecule has 0 aromatic carbocycles. The predicted octanol–water partition coefficient (Wildman–Crippen LogP) is -0.141. The number of carbonyl (C=O) groups excluding carboxylic acids is 1. The second-order valence-electron chi connectivity index (χ2n) is 3.33. The quantitative estimate of drug-likeness (QED) is 0.684. The third-order valence-corrected chi connectivity index (χ3v) is 1.95. The number of aliphatic carboxylic acids is 1. The van der Waals surface area contributed by atoms with E-state index in [1.807, 2.05) is 0 Å². The van der Waals surface area contributed by atoms with E-state index in [0.717, 1.165) is 6.92 Å². The Balaban J connectivity index is 0.000000364. The lowest BCUT2D eigenvalue weighted by molar-refractivity contribution is -0.802. The number of allylic oxidation sites excluding steroid dienone is 3. The summed E-state index contributed by atoms with van der Waals surface area (Å²) < 4.78 is 0. The van der Waals surface area contributed by atoms with Gasteiger partial charge < -0.3 is 9.90 Å². The molecule has 80 valence electrons. The lowest BCUT2D eigenvalue weighted by Gasteiger charge is -2.09. The van der Waals surface area contributed by atoms with Crippen molar-refractivity contribution in [1.82, 2.24) is 0 Å². The van der Waals surface area contributed by atoms with E-state index < -0.39 is 5.97 Å². The number of hydrogen-bond donors (Lipinski definition) is 1. The van der Waals surface area contributed by atoms with Crippen LogP contribution in [0.1, 0.15) is 33.6 Å². The first-order valence-corrected chi connectivity index (χ1v) is 4.96. The number of carbonyl (C=O) groups is 1. The normalized spacial score (nSPS) is 18.5. The SMILES string of the molecule is CC(=O)[O-].CCCC[NH+]1C=CC=C1C. The van der Waals surface area contributed by atoms with Crippen LogP contribution >= 0.6 is 0 Å². The molecular formula is C11H19NO2. The fraction of sp³-hybridized carbons (Fsp3) is 0.545. The van der Waals surface area contributed by atoms with Crippen LogP contribution in [0.5, 0.6) is 0 Å². The average molecular weight is 197 g/mol. The van der Waals surface area contributed by atoms with Crippen LogP contribution in [0, 0.1) is 0 Å². The summed E-state index contributed by atoms with van der Waals surface area (Å²) in [6.07, 6.45) is 9.17. The molecule has 0 spiro atoms. The molecule has 1 heterocycles. The standard InChI is InChI=1S/C9H15N.C2H4O2/c1-3-4-7-10-8-5-6-9(10)2;1-2(3)4/h5-6,8H,3-4,7H2,1-2H3;1H3,(H,3,4). The Morgan fingerprint density at radius 2 is 2.14 bits per heavy atom. The fourth-order valence-electron chi connectivity index (χ4n) is 1.19. The van der Waals surface area contributed by atoms with E-state index in [0.29, 0.717) is 0 Å². The molecule has 1 N–H and O–H groups in total. The molecule has 0 fully saturated rings. The minimum atomic E-state index is -1.08. The highest BCUT2D eigenvalue weighted by Crippen LogP contribution is 1.90. The van der Waals surface area contributed by atoms with Gasteiger partial charge in [0.25, 0.3) is 0 Å². The van der Waals surface area contributed by atoms with Crippen molar-refractivity contribution in [3.05, 3.63) is 24.0 Å². The molecule has 0 aliphatic carbocycles. The lowest BCUT2D eigenvalue weighted by atomic mass is 10.3. The topological polar surface area (TPSA) is 44.6 Å². The second-order valence-corrected chi connectivity index (χ2v) is 3.33. The molecule has 14 heavy (non-hydrogen) atoms. The first kappa shape index (κ1) is 12.9. The van der Waals surface area contributed by atoms with Crippen LogP contribution < -0.4 is 10.0 Å². The van der Waals surface area contributed by atoms with Gasteiger partial charge in [-0.25, -0.2) is 0 Å². The molecule has 0 bridgehead atoms. The summed E-state index contributed by atoms with van der Waals surface area (Å²) in [6.45, 7) is 6.65. The van der Waals surface area contributed by atoms with Crippen LogP contribution in [0.2, 0.25) is 0 Å². The van der Waals surface area contributed by atoms with E-state index in [1.165, 1.54) is 30.0 Å². The second kappa shape index (κ2) is 7.33. The highest BCUT2D eigenvalue weighted by atomic mass is 16.4. The van der Waals surface area contributed by atoms with Gasteiger partial charge >= 0.3 is 0 Å². The van der Waals surface area contributed by atoms with Gasteiger partial charge in [0.15, 0.2) is 0 Å². The first-order chi connectivity index (χ1) is 6.57. The number of carboxylic acid groups (broad SMARTS) is 1. The van der Waals surface area contributed by atoms with Gasteiger partial charge in [-0.3, -0.25) is 4.90 Å². The minimum absolute atomic E-state index is 0.972. The van der Waals surface area contributed by atoms with E-state index in [1.54, 1.807) is 0 Å². The Morgan fingerprint density at radius 1 is 1.57 bits per heavy atom. The third-order valence-electron chi connectivity index (χ3n) is 1.95. The van der Waals surface area contributed by atoms with Crippen LogP contribution in [-0.4, -0.2) is 12.5 Å². The zero-order chi connectivity index (χ0) is 11.0. The molecule has 0 radical (unpaired) electrons. The summed E-state index contributed by atoms with van der Waals surface area (Å²) in [5.74, 6) is -1.08. The Morgan fingerprint density at radius 3 is 2.50 bits per heavy atom. The number of rotatable bonds is 3. The van der Waals surface area contributed by atoms with Crippen molar-refractivity contribution in [2.45, 2.75) is 33.6 Å². The van der Waals surface area contributed by atoms with Gasteiger partial charge in [0, 0.05) is 12.9 Å². The van der Waals surface area contributed by atoms with E-state index in [-0.39, 0.29) is 0 Å². The van der Waals surface area contributed by atoms with Gasteiger partial charge in [0.05, 0.1) is 12.7 Å². The molecule has 3 nitrogen and oxygen atoms in total. The number of hydrogen-bond acceptors (Lipinski definition) is 2. The molecule has 1 atom stereocenters. The molecule has 3 heteroatoms. The molecular weight excluding hydrogens is 178 g/mol. The predicted molar refractivity (Wildman–Crippen MR) is 54.3 cm³/mol. The molecule has 0 saturated carbocycles. The summed E-state index contributed by atoms with van der Waals surface area (Å²) in [4.78, 5) is 10.4. The molecule has 0 saturated heterocycles. The van der Waals surface area contributed by atoms with E-state index in [2.05, 4.69) is 32.2 Å². The van der Waals surface area contributed by atoms with Crippen molar-refractivity contribution in [3.8, 4) is 0 Å². The van der Waals surface area contributed by atoms with Gasteiger partial charge in [0.1, 0.15) is 5.70 Å². The van der Waals surface area contributed by atoms with Crippen LogP contribution in [-0.2, 0) is 4.79 Å². The number of carboxylic acids is 1. The smallest absolute Gasteiger partial charge is 0.109 e. The zero-order valence-corrected chi connectivity index (χ0v) is 9.17. The van der Waals surface area contributed by atoms with Crippen LogP contribution in [0.25, 0.3) is 0 Å². The Kier molecular flexibility index (Phi) is 6.76. The van der Waals surface area contributed by atoms with Gasteiger partial charge in [-0.05, 0) is 25.5 Å². The highest BCUT2D eigenvalue weighted by molar-refractivity contribution is 5.60. The van der Waals surface area contributed by atoms with Crippen molar-refractivity contribution < 1.29 is 14.8 Å². The summed E-state index contributed by atoms with van der Waals surface area (Å²) in [5, 5.41) is 8.89. The molecule has 1 aliphatic heterocycles. The third kappa shape index (κ3) is 6.43. The van der Waals surface area contributed by atoms with E-state index in [9.17, 15) is 0 Å². The van der Waals surface area contributed by atoms with Gasteiger partial charge in [0.2, 0.25) is 0 Å². The Labute approximate surface area is 85.7 Å². The summed E-state index contributed by atoms with van der Waals surface area (Å²) in [7, 11) is 0. The fourth-order valence-corrected chi connectivity index (χ4v) is 1.19. The number of nitrogens with one attached hydrogen (secondary N) is 1. The van der Waals surface area contributed by atoms with E-state index in [4.69, 9.17) is 9.90 Å². The van der Waals surface area contributed by atoms with Crippen molar-refractivity contribution in [2.24, 2.45) is 0 Å². The van der Waals surface area contributed by atoms with Crippen molar-refractivity contribution in [3.63, 3.8) is 0 Å². The van der Waals surface area contributed by atoms with Gasteiger partial charge in [-0.1, -0.05) is 13.3 Å². The van der Waals surface area contributed by atoms with E-state index >= 15 is 0 Å². The Bertz CT molecular complexity index is 227. The first-order valence-electron chi connectivity index (χ1n) is 4.96. The van der Waals surface area contributed by atoms with Crippen molar-refractivity contribution in [1.29, 1.82) is 0 Å². The monoisotopic (exact) mass is 197 g/mol. The largest absolute Gasteiger partial charge is 0.550 e. The summed E-state index contributed by atoms with van der Waals surface area (Å²) in [5.41, 5.74) is 1.45. The molecule has 1 rings (SSSR count). The van der Waals surface area contributed by atoms with Gasteiger partial charge in [-0.2, -0.15) is 0 Å². The highest BCUT2D eigenvalue weighted by Gasteiger charge is 2.09. The van der Waals surface area contributed by atoms with Crippen molar-refractivity contribution in [2.75, 3.05) is 6.54 Å². The zero-order valence-electron chi connectivity index (χ0n) is 9.17. The molecule has 1 unspecified atom stereocenters. The molecule has 0 aromatic heterocycles. The number of unbranched alkanes of at least 4 members (excludes halogenated alkanes) is 1. The maximum Gasteiger partial charge on any atom is 0.109 e. The van der Waals surface area contributed by atoms with Gasteiger partial charge in [-0.15, -0.1) is 0 Å². The summed E-state index contributed by atoms with van der Waals surface area (Å²) in [6, 6.07) is 0. The minimum Gasteiger partial charge on any atom is -0.550 e.